The SMILES string of the molecule is CCSSC(=S)N(Cc1ccccc1)Cc1ccccc1. The van der Waals surface area contributed by atoms with E-state index in [1.165, 1.54) is 11.1 Å². The number of nitrogens with zero attached hydrogens (tertiary/aromatic N) is 1. The zero-order chi connectivity index (χ0) is 14.9. The molecule has 0 N–H and O–H groups in total. The summed E-state index contributed by atoms with van der Waals surface area (Å²) >= 11 is 5.61. The van der Waals surface area contributed by atoms with Crippen molar-refractivity contribution in [3.05, 3.63) is 71.8 Å². The summed E-state index contributed by atoms with van der Waals surface area (Å²) in [6.07, 6.45) is 0. The van der Waals surface area contributed by atoms with Crippen LogP contribution < -0.4 is 0 Å². The van der Waals surface area contributed by atoms with Crippen LogP contribution in [0.4, 0.5) is 0 Å². The lowest BCUT2D eigenvalue weighted by molar-refractivity contribution is 0.421. The molecule has 0 radical (unpaired) electrons. The summed E-state index contributed by atoms with van der Waals surface area (Å²) in [5, 5.41) is 0. The van der Waals surface area contributed by atoms with E-state index < -0.39 is 0 Å². The predicted molar refractivity (Wildman–Crippen MR) is 100 cm³/mol. The molecule has 0 aliphatic rings. The van der Waals surface area contributed by atoms with Gasteiger partial charge in [-0.1, -0.05) is 90.6 Å². The first-order valence-corrected chi connectivity index (χ1v) is 9.68. The lowest BCUT2D eigenvalue weighted by Crippen LogP contribution is -2.26. The molecule has 1 nitrogen and oxygen atoms in total. The highest BCUT2D eigenvalue weighted by Gasteiger charge is 2.11. The zero-order valence-electron chi connectivity index (χ0n) is 12.1. The van der Waals surface area contributed by atoms with Crippen LogP contribution in [0.25, 0.3) is 0 Å². The first-order chi connectivity index (χ1) is 10.3. The minimum Gasteiger partial charge on any atom is -0.348 e. The lowest BCUT2D eigenvalue weighted by Gasteiger charge is -2.24. The van der Waals surface area contributed by atoms with Crippen LogP contribution in [0.3, 0.4) is 0 Å². The van der Waals surface area contributed by atoms with Crippen LogP contribution in [0.5, 0.6) is 0 Å². The Hall–Kier alpha value is -0.970. The number of thiocarbonyl (C=S) groups is 1. The van der Waals surface area contributed by atoms with Crippen molar-refractivity contribution in [2.24, 2.45) is 0 Å². The number of rotatable bonds is 6. The third-order valence-electron chi connectivity index (χ3n) is 2.94. The van der Waals surface area contributed by atoms with Crippen LogP contribution in [0.1, 0.15) is 18.1 Å². The zero-order valence-corrected chi connectivity index (χ0v) is 14.5. The third kappa shape index (κ3) is 5.73. The minimum atomic E-state index is 0.853. The Morgan fingerprint density at radius 2 is 1.38 bits per heavy atom. The number of hydrogen-bond donors (Lipinski definition) is 0. The topological polar surface area (TPSA) is 3.24 Å². The fourth-order valence-electron chi connectivity index (χ4n) is 1.95. The summed E-state index contributed by atoms with van der Waals surface area (Å²) < 4.78 is 0.953. The van der Waals surface area contributed by atoms with Crippen molar-refractivity contribution in [2.75, 3.05) is 5.75 Å². The van der Waals surface area contributed by atoms with E-state index in [1.54, 1.807) is 21.6 Å². The molecule has 0 aromatic heterocycles. The van der Waals surface area contributed by atoms with E-state index in [2.05, 4.69) is 60.4 Å². The Bertz CT molecular complexity index is 501. The highest BCUT2D eigenvalue weighted by atomic mass is 33.1. The van der Waals surface area contributed by atoms with Crippen LogP contribution >= 0.6 is 33.8 Å². The van der Waals surface area contributed by atoms with Gasteiger partial charge in [-0.15, -0.1) is 0 Å². The fraction of sp³-hybridized carbons (Fsp3) is 0.235. The molecule has 4 heteroatoms. The summed E-state index contributed by atoms with van der Waals surface area (Å²) in [5.41, 5.74) is 2.58. The molecule has 2 aromatic rings. The van der Waals surface area contributed by atoms with Crippen molar-refractivity contribution in [1.29, 1.82) is 0 Å². The van der Waals surface area contributed by atoms with Gasteiger partial charge in [-0.3, -0.25) is 0 Å². The second-order valence-corrected chi connectivity index (χ2v) is 7.80. The fourth-order valence-corrected chi connectivity index (χ4v) is 3.94. The number of hydrogen-bond acceptors (Lipinski definition) is 3. The van der Waals surface area contributed by atoms with Gasteiger partial charge in [-0.05, 0) is 21.9 Å². The van der Waals surface area contributed by atoms with Gasteiger partial charge in [0.1, 0.15) is 4.32 Å². The molecule has 0 heterocycles. The van der Waals surface area contributed by atoms with Crippen LogP contribution in [-0.2, 0) is 13.1 Å². The summed E-state index contributed by atoms with van der Waals surface area (Å²) in [7, 11) is 3.50. The Kier molecular flexibility index (Phi) is 7.13. The molecule has 0 atom stereocenters. The van der Waals surface area contributed by atoms with Crippen molar-refractivity contribution in [2.45, 2.75) is 20.0 Å². The molecule has 0 bridgehead atoms. The van der Waals surface area contributed by atoms with E-state index in [9.17, 15) is 0 Å². The van der Waals surface area contributed by atoms with Crippen LogP contribution in [0, 0.1) is 0 Å². The first-order valence-electron chi connectivity index (χ1n) is 6.96. The minimum absolute atomic E-state index is 0.853. The number of benzene rings is 2. The van der Waals surface area contributed by atoms with Crippen LogP contribution in [0.2, 0.25) is 0 Å². The van der Waals surface area contributed by atoms with Gasteiger partial charge in [0.05, 0.1) is 0 Å². The van der Waals surface area contributed by atoms with Crippen LogP contribution in [0.15, 0.2) is 60.7 Å². The summed E-state index contributed by atoms with van der Waals surface area (Å²) in [6, 6.07) is 21.0. The molecular weight excluding hydrogens is 314 g/mol. The molecule has 2 aromatic carbocycles. The van der Waals surface area contributed by atoms with Crippen molar-refractivity contribution in [3.8, 4) is 0 Å². The highest BCUT2D eigenvalue weighted by molar-refractivity contribution is 8.83. The van der Waals surface area contributed by atoms with Crippen molar-refractivity contribution in [3.63, 3.8) is 0 Å². The van der Waals surface area contributed by atoms with E-state index in [0.29, 0.717) is 0 Å². The van der Waals surface area contributed by atoms with E-state index >= 15 is 0 Å². The Morgan fingerprint density at radius 1 is 0.905 bits per heavy atom. The second-order valence-electron chi connectivity index (χ2n) is 4.58. The third-order valence-corrected chi connectivity index (χ3v) is 6.05. The molecule has 110 valence electrons. The average Bonchev–Trinajstić information content (AvgIpc) is 2.54. The van der Waals surface area contributed by atoms with Crippen LogP contribution in [-0.4, -0.2) is 15.0 Å². The molecule has 0 fully saturated rings. The summed E-state index contributed by atoms with van der Waals surface area (Å²) in [4.78, 5) is 2.27. The van der Waals surface area contributed by atoms with Crippen molar-refractivity contribution < 1.29 is 0 Å². The molecular formula is C17H19NS3. The molecule has 0 saturated carbocycles. The average molecular weight is 334 g/mol. The van der Waals surface area contributed by atoms with E-state index in [-0.39, 0.29) is 0 Å². The molecule has 0 aliphatic carbocycles. The Labute approximate surface area is 140 Å². The Morgan fingerprint density at radius 3 is 1.81 bits per heavy atom. The smallest absolute Gasteiger partial charge is 0.147 e. The molecule has 0 saturated heterocycles. The van der Waals surface area contributed by atoms with Gasteiger partial charge in [-0.25, -0.2) is 0 Å². The quantitative estimate of drug-likeness (QED) is 0.516. The normalized spacial score (nSPS) is 10.3. The maximum Gasteiger partial charge on any atom is 0.147 e. The van der Waals surface area contributed by atoms with Gasteiger partial charge in [0, 0.05) is 18.8 Å². The molecule has 0 spiro atoms. The highest BCUT2D eigenvalue weighted by Crippen LogP contribution is 2.26. The molecule has 0 aliphatic heterocycles. The lowest BCUT2D eigenvalue weighted by atomic mass is 10.2. The molecule has 21 heavy (non-hydrogen) atoms. The maximum absolute atomic E-state index is 5.61. The monoisotopic (exact) mass is 333 g/mol. The summed E-state index contributed by atoms with van der Waals surface area (Å²) in [6.45, 7) is 3.86. The molecule has 0 amide bonds. The van der Waals surface area contributed by atoms with E-state index in [4.69, 9.17) is 12.2 Å². The largest absolute Gasteiger partial charge is 0.348 e. The van der Waals surface area contributed by atoms with Gasteiger partial charge < -0.3 is 4.90 Å². The van der Waals surface area contributed by atoms with Gasteiger partial charge in [0.2, 0.25) is 0 Å². The second kappa shape index (κ2) is 9.13. The van der Waals surface area contributed by atoms with Crippen molar-refractivity contribution in [1.82, 2.24) is 4.90 Å². The first kappa shape index (κ1) is 16.4. The van der Waals surface area contributed by atoms with Gasteiger partial charge in [0.15, 0.2) is 0 Å². The maximum atomic E-state index is 5.61. The summed E-state index contributed by atoms with van der Waals surface area (Å²) in [5.74, 6) is 1.06. The van der Waals surface area contributed by atoms with E-state index in [1.807, 2.05) is 12.1 Å². The molecule has 2 rings (SSSR count). The standard InChI is InChI=1S/C17H19NS3/c1-2-20-21-17(19)18(13-15-9-5-3-6-10-15)14-16-11-7-4-8-12-16/h3-12H,2,13-14H2,1H3. The van der Waals surface area contributed by atoms with Gasteiger partial charge in [0.25, 0.3) is 0 Å². The molecule has 0 unspecified atom stereocenters. The van der Waals surface area contributed by atoms with E-state index in [0.717, 1.165) is 23.2 Å². The van der Waals surface area contributed by atoms with Gasteiger partial charge >= 0.3 is 0 Å². The van der Waals surface area contributed by atoms with Crippen molar-refractivity contribution >= 4 is 38.1 Å². The van der Waals surface area contributed by atoms with Gasteiger partial charge in [-0.2, -0.15) is 0 Å². The predicted octanol–water partition coefficient (Wildman–Crippen LogP) is 5.38. The Balaban J connectivity index is 2.08.